The molecule has 0 aliphatic heterocycles. The Balaban J connectivity index is 1.98. The lowest BCUT2D eigenvalue weighted by molar-refractivity contribution is -0.126. The van der Waals surface area contributed by atoms with Gasteiger partial charge >= 0.3 is 0 Å². The molecule has 4 atom stereocenters. The van der Waals surface area contributed by atoms with Crippen LogP contribution in [0, 0.1) is 17.8 Å². The number of aliphatic hydroxyl groups excluding tert-OH is 1. The second kappa shape index (κ2) is 3.71. The molecule has 0 unspecified atom stereocenters. The first-order valence-corrected chi connectivity index (χ1v) is 5.06. The monoisotopic (exact) mass is 196 g/mol. The Bertz CT molecular complexity index is 265. The zero-order valence-electron chi connectivity index (χ0n) is 8.02. The molecule has 0 radical (unpaired) electrons. The number of hydrogen-bond acceptors (Lipinski definition) is 3. The minimum absolute atomic E-state index is 0.0107. The summed E-state index contributed by atoms with van der Waals surface area (Å²) in [7, 11) is 0. The summed E-state index contributed by atoms with van der Waals surface area (Å²) in [6, 6.07) is -0.0382. The Labute approximate surface area is 83.2 Å². The Morgan fingerprint density at radius 2 is 2.21 bits per heavy atom. The maximum absolute atomic E-state index is 11.7. The Kier molecular flexibility index (Phi) is 2.56. The molecule has 0 saturated heterocycles. The van der Waals surface area contributed by atoms with Crippen molar-refractivity contribution in [2.45, 2.75) is 12.5 Å². The molecular formula is C10H16N2O2. The maximum atomic E-state index is 11.7. The van der Waals surface area contributed by atoms with Crippen LogP contribution in [-0.4, -0.2) is 30.2 Å². The second-order valence-electron chi connectivity index (χ2n) is 4.07. The van der Waals surface area contributed by atoms with Crippen molar-refractivity contribution in [1.82, 2.24) is 5.32 Å². The molecule has 2 aliphatic carbocycles. The molecule has 4 nitrogen and oxygen atoms in total. The van der Waals surface area contributed by atoms with Crippen LogP contribution < -0.4 is 11.1 Å². The van der Waals surface area contributed by atoms with Crippen LogP contribution in [0.25, 0.3) is 0 Å². The van der Waals surface area contributed by atoms with Gasteiger partial charge in [-0.2, -0.15) is 0 Å². The summed E-state index contributed by atoms with van der Waals surface area (Å²) in [5, 5.41) is 11.3. The van der Waals surface area contributed by atoms with Gasteiger partial charge in [0.1, 0.15) is 0 Å². The highest BCUT2D eigenvalue weighted by atomic mass is 16.3. The number of amides is 1. The van der Waals surface area contributed by atoms with Crippen molar-refractivity contribution < 1.29 is 9.90 Å². The van der Waals surface area contributed by atoms with Gasteiger partial charge in [0.15, 0.2) is 0 Å². The summed E-state index contributed by atoms with van der Waals surface area (Å²) in [6.07, 6.45) is 5.22. The quantitative estimate of drug-likeness (QED) is 0.520. The van der Waals surface area contributed by atoms with Crippen molar-refractivity contribution in [2.24, 2.45) is 23.5 Å². The number of carbonyl (C=O) groups is 1. The first kappa shape index (κ1) is 9.68. The highest BCUT2D eigenvalue weighted by molar-refractivity contribution is 5.80. The minimum Gasteiger partial charge on any atom is -0.395 e. The second-order valence-corrected chi connectivity index (χ2v) is 4.07. The van der Waals surface area contributed by atoms with Gasteiger partial charge in [0.2, 0.25) is 5.91 Å². The fraction of sp³-hybridized carbons (Fsp3) is 0.700. The Morgan fingerprint density at radius 3 is 2.79 bits per heavy atom. The van der Waals surface area contributed by atoms with E-state index in [1.807, 2.05) is 0 Å². The van der Waals surface area contributed by atoms with Crippen molar-refractivity contribution in [3.05, 3.63) is 12.2 Å². The molecule has 0 heterocycles. The molecule has 2 aliphatic rings. The SMILES string of the molecule is N[C@H]1[C@@H](C(=O)NCCO)[C@@H]2C=C[C@H]1C2. The van der Waals surface area contributed by atoms with E-state index >= 15 is 0 Å². The smallest absolute Gasteiger partial charge is 0.225 e. The van der Waals surface area contributed by atoms with Crippen molar-refractivity contribution in [3.63, 3.8) is 0 Å². The number of allylic oxidation sites excluding steroid dienone is 1. The van der Waals surface area contributed by atoms with Crippen LogP contribution in [0.1, 0.15) is 6.42 Å². The summed E-state index contributed by atoms with van der Waals surface area (Å²) < 4.78 is 0. The number of nitrogens with one attached hydrogen (secondary N) is 1. The number of hydrogen-bond donors (Lipinski definition) is 3. The number of fused-ring (bicyclic) bond motifs is 2. The van der Waals surface area contributed by atoms with Crippen LogP contribution in [0.3, 0.4) is 0 Å². The molecule has 0 aromatic heterocycles. The van der Waals surface area contributed by atoms with Crippen LogP contribution in [0.4, 0.5) is 0 Å². The van der Waals surface area contributed by atoms with Gasteiger partial charge in [0.25, 0.3) is 0 Å². The predicted octanol–water partition coefficient (Wildman–Crippen LogP) is -0.756. The lowest BCUT2D eigenvalue weighted by Crippen LogP contribution is -2.44. The average Bonchev–Trinajstić information content (AvgIpc) is 2.74. The normalized spacial score (nSPS) is 39.0. The molecule has 0 aromatic carbocycles. The summed E-state index contributed by atoms with van der Waals surface area (Å²) in [4.78, 5) is 11.7. The molecular weight excluding hydrogens is 180 g/mol. The molecule has 14 heavy (non-hydrogen) atoms. The Hall–Kier alpha value is -0.870. The molecule has 0 spiro atoms. The van der Waals surface area contributed by atoms with E-state index in [1.165, 1.54) is 0 Å². The standard InChI is InChI=1S/C10H16N2O2/c11-9-7-2-1-6(5-7)8(9)10(14)12-3-4-13/h1-2,6-9,13H,3-5,11H2,(H,12,14)/t6-,7+,8+,9-/m1/s1. The van der Waals surface area contributed by atoms with E-state index in [0.717, 1.165) is 6.42 Å². The van der Waals surface area contributed by atoms with Crippen LogP contribution in [0.2, 0.25) is 0 Å². The topological polar surface area (TPSA) is 75.4 Å². The fourth-order valence-electron chi connectivity index (χ4n) is 2.53. The maximum Gasteiger partial charge on any atom is 0.225 e. The number of nitrogens with two attached hydrogens (primary N) is 1. The molecule has 1 fully saturated rings. The van der Waals surface area contributed by atoms with Crippen molar-refractivity contribution in [3.8, 4) is 0 Å². The molecule has 1 amide bonds. The van der Waals surface area contributed by atoms with Crippen molar-refractivity contribution in [2.75, 3.05) is 13.2 Å². The van der Waals surface area contributed by atoms with Gasteiger partial charge in [-0.25, -0.2) is 0 Å². The zero-order valence-corrected chi connectivity index (χ0v) is 8.02. The third-order valence-corrected chi connectivity index (χ3v) is 3.23. The third kappa shape index (κ3) is 1.44. The lowest BCUT2D eigenvalue weighted by Gasteiger charge is -2.23. The number of aliphatic hydroxyl groups is 1. The van der Waals surface area contributed by atoms with Gasteiger partial charge in [-0.05, 0) is 18.3 Å². The molecule has 4 N–H and O–H groups in total. The van der Waals surface area contributed by atoms with E-state index in [1.54, 1.807) is 0 Å². The van der Waals surface area contributed by atoms with Crippen LogP contribution in [0.15, 0.2) is 12.2 Å². The zero-order chi connectivity index (χ0) is 10.1. The van der Waals surface area contributed by atoms with Crippen LogP contribution >= 0.6 is 0 Å². The van der Waals surface area contributed by atoms with Gasteiger partial charge in [-0.15, -0.1) is 0 Å². The van der Waals surface area contributed by atoms with Crippen LogP contribution in [-0.2, 0) is 4.79 Å². The first-order valence-electron chi connectivity index (χ1n) is 5.06. The van der Waals surface area contributed by atoms with E-state index < -0.39 is 0 Å². The number of carbonyl (C=O) groups excluding carboxylic acids is 1. The predicted molar refractivity (Wildman–Crippen MR) is 52.3 cm³/mol. The van der Waals surface area contributed by atoms with E-state index in [4.69, 9.17) is 10.8 Å². The summed E-state index contributed by atoms with van der Waals surface area (Å²) in [6.45, 7) is 0.306. The third-order valence-electron chi connectivity index (χ3n) is 3.23. The molecule has 78 valence electrons. The van der Waals surface area contributed by atoms with Crippen molar-refractivity contribution >= 4 is 5.91 Å². The highest BCUT2D eigenvalue weighted by Gasteiger charge is 2.45. The fourth-order valence-corrected chi connectivity index (χ4v) is 2.53. The van der Waals surface area contributed by atoms with Gasteiger partial charge < -0.3 is 16.2 Å². The van der Waals surface area contributed by atoms with Gasteiger partial charge in [0, 0.05) is 12.6 Å². The molecule has 1 saturated carbocycles. The number of rotatable bonds is 3. The lowest BCUT2D eigenvalue weighted by atomic mass is 9.89. The summed E-state index contributed by atoms with van der Waals surface area (Å²) >= 11 is 0. The van der Waals surface area contributed by atoms with E-state index in [2.05, 4.69) is 17.5 Å². The summed E-state index contributed by atoms with van der Waals surface area (Å²) in [5.41, 5.74) is 5.96. The molecule has 2 rings (SSSR count). The van der Waals surface area contributed by atoms with E-state index in [0.29, 0.717) is 18.4 Å². The Morgan fingerprint density at radius 1 is 1.50 bits per heavy atom. The minimum atomic E-state index is -0.0865. The molecule has 0 aromatic rings. The van der Waals surface area contributed by atoms with E-state index in [-0.39, 0.29) is 24.5 Å². The van der Waals surface area contributed by atoms with Crippen molar-refractivity contribution in [1.29, 1.82) is 0 Å². The molecule has 4 heteroatoms. The van der Waals surface area contributed by atoms with Gasteiger partial charge in [-0.1, -0.05) is 12.2 Å². The highest BCUT2D eigenvalue weighted by Crippen LogP contribution is 2.42. The van der Waals surface area contributed by atoms with Crippen LogP contribution in [0.5, 0.6) is 0 Å². The molecule has 2 bridgehead atoms. The van der Waals surface area contributed by atoms with Gasteiger partial charge in [0.05, 0.1) is 12.5 Å². The average molecular weight is 196 g/mol. The first-order chi connectivity index (χ1) is 6.74. The van der Waals surface area contributed by atoms with Gasteiger partial charge in [-0.3, -0.25) is 4.79 Å². The summed E-state index contributed by atoms with van der Waals surface area (Å²) in [5.74, 6) is 0.596. The largest absolute Gasteiger partial charge is 0.395 e. The van der Waals surface area contributed by atoms with E-state index in [9.17, 15) is 4.79 Å².